The number of amides is 1. The van der Waals surface area contributed by atoms with E-state index in [1.54, 1.807) is 18.2 Å². The number of carbonyl (C=O) groups excluding carboxylic acids is 1. The van der Waals surface area contributed by atoms with Crippen LogP contribution in [0.2, 0.25) is 5.02 Å². The zero-order valence-electron chi connectivity index (χ0n) is 15.5. The molecule has 0 saturated heterocycles. The van der Waals surface area contributed by atoms with Gasteiger partial charge >= 0.3 is 0 Å². The van der Waals surface area contributed by atoms with Crippen molar-refractivity contribution < 1.29 is 9.21 Å². The Morgan fingerprint density at radius 3 is 2.69 bits per heavy atom. The standard InChI is InChI=1S/C23H18BrClN2O2/c24-20-10-8-17(14-21(20)25)22-11-9-19(29-22)13-18(15-26)23(28)27-12-4-7-16-5-2-1-3-6-16/h1-3,5-6,8-11,13-14H,4,7,12H2,(H,27,28)/b18-13-. The molecule has 3 rings (SSSR count). The highest BCUT2D eigenvalue weighted by Crippen LogP contribution is 2.30. The Labute approximate surface area is 182 Å². The monoisotopic (exact) mass is 468 g/mol. The van der Waals surface area contributed by atoms with Gasteiger partial charge in [-0.15, -0.1) is 0 Å². The fraction of sp³-hybridized carbons (Fsp3) is 0.130. The zero-order valence-corrected chi connectivity index (χ0v) is 17.8. The highest BCUT2D eigenvalue weighted by molar-refractivity contribution is 9.10. The molecule has 0 aliphatic heterocycles. The second kappa shape index (κ2) is 10.1. The quantitative estimate of drug-likeness (QED) is 0.261. The minimum absolute atomic E-state index is 0.000510. The molecule has 0 bridgehead atoms. The van der Waals surface area contributed by atoms with Crippen LogP contribution in [0, 0.1) is 11.3 Å². The molecular formula is C23H18BrClN2O2. The van der Waals surface area contributed by atoms with Crippen LogP contribution >= 0.6 is 27.5 Å². The van der Waals surface area contributed by atoms with Crippen LogP contribution in [0.5, 0.6) is 0 Å². The molecule has 0 atom stereocenters. The van der Waals surface area contributed by atoms with Crippen molar-refractivity contribution in [1.29, 1.82) is 5.26 Å². The van der Waals surface area contributed by atoms with Crippen molar-refractivity contribution >= 4 is 39.5 Å². The molecule has 0 spiro atoms. The van der Waals surface area contributed by atoms with Crippen molar-refractivity contribution in [3.63, 3.8) is 0 Å². The molecule has 0 aliphatic rings. The van der Waals surface area contributed by atoms with Gasteiger partial charge in [0.25, 0.3) is 5.91 Å². The van der Waals surface area contributed by atoms with E-state index in [-0.39, 0.29) is 5.57 Å². The Bertz CT molecular complexity index is 1070. The lowest BCUT2D eigenvalue weighted by Gasteiger charge is -2.04. The van der Waals surface area contributed by atoms with Crippen LogP contribution in [-0.4, -0.2) is 12.5 Å². The average molecular weight is 470 g/mol. The van der Waals surface area contributed by atoms with Crippen LogP contribution in [0.1, 0.15) is 17.7 Å². The number of benzene rings is 2. The molecule has 6 heteroatoms. The van der Waals surface area contributed by atoms with Gasteiger partial charge in [0.15, 0.2) is 0 Å². The van der Waals surface area contributed by atoms with Crippen LogP contribution < -0.4 is 5.32 Å². The smallest absolute Gasteiger partial charge is 0.262 e. The highest BCUT2D eigenvalue weighted by atomic mass is 79.9. The van der Waals surface area contributed by atoms with Gasteiger partial charge in [-0.1, -0.05) is 48.0 Å². The van der Waals surface area contributed by atoms with Crippen LogP contribution in [0.4, 0.5) is 0 Å². The minimum Gasteiger partial charge on any atom is -0.457 e. The van der Waals surface area contributed by atoms with Crippen molar-refractivity contribution in [3.8, 4) is 17.4 Å². The Hall–Kier alpha value is -2.81. The van der Waals surface area contributed by atoms with Crippen molar-refractivity contribution in [1.82, 2.24) is 5.32 Å². The third-order valence-electron chi connectivity index (χ3n) is 4.25. The van der Waals surface area contributed by atoms with Crippen LogP contribution in [0.15, 0.2) is 75.1 Å². The molecule has 2 aromatic carbocycles. The Kier molecular flexibility index (Phi) is 7.29. The van der Waals surface area contributed by atoms with Gasteiger partial charge < -0.3 is 9.73 Å². The number of nitrogens with zero attached hydrogens (tertiary/aromatic N) is 1. The second-order valence-corrected chi connectivity index (χ2v) is 7.61. The molecule has 0 unspecified atom stereocenters. The highest BCUT2D eigenvalue weighted by Gasteiger charge is 2.11. The first-order valence-electron chi connectivity index (χ1n) is 9.06. The number of aryl methyl sites for hydroxylation is 1. The van der Waals surface area contributed by atoms with E-state index in [0.29, 0.717) is 23.1 Å². The summed E-state index contributed by atoms with van der Waals surface area (Å²) in [7, 11) is 0. The molecule has 0 saturated carbocycles. The predicted octanol–water partition coefficient (Wildman–Crippen LogP) is 6.02. The van der Waals surface area contributed by atoms with Gasteiger partial charge in [0, 0.05) is 22.7 Å². The number of rotatable bonds is 7. The van der Waals surface area contributed by atoms with Crippen LogP contribution in [-0.2, 0) is 11.2 Å². The van der Waals surface area contributed by atoms with Gasteiger partial charge in [-0.05, 0) is 58.6 Å². The molecule has 1 N–H and O–H groups in total. The number of carbonyl (C=O) groups is 1. The number of nitrogens with one attached hydrogen (secondary N) is 1. The molecule has 4 nitrogen and oxygen atoms in total. The molecule has 0 radical (unpaired) electrons. The van der Waals surface area contributed by atoms with Gasteiger partial charge in [-0.3, -0.25) is 4.79 Å². The zero-order chi connectivity index (χ0) is 20.6. The van der Waals surface area contributed by atoms with E-state index in [9.17, 15) is 10.1 Å². The summed E-state index contributed by atoms with van der Waals surface area (Å²) in [5, 5.41) is 12.7. The summed E-state index contributed by atoms with van der Waals surface area (Å²) in [6, 6.07) is 21.0. The second-order valence-electron chi connectivity index (χ2n) is 6.35. The third kappa shape index (κ3) is 5.83. The van der Waals surface area contributed by atoms with E-state index in [1.807, 2.05) is 36.4 Å². The normalized spacial score (nSPS) is 11.1. The van der Waals surface area contributed by atoms with Gasteiger partial charge in [0.05, 0.1) is 5.02 Å². The third-order valence-corrected chi connectivity index (χ3v) is 5.49. The summed E-state index contributed by atoms with van der Waals surface area (Å²) in [5.74, 6) is 0.617. The summed E-state index contributed by atoms with van der Waals surface area (Å²) in [4.78, 5) is 12.3. The van der Waals surface area contributed by atoms with Crippen molar-refractivity contribution in [2.75, 3.05) is 6.54 Å². The summed E-state index contributed by atoms with van der Waals surface area (Å²) in [6.07, 6.45) is 3.10. The van der Waals surface area contributed by atoms with Crippen LogP contribution in [0.3, 0.4) is 0 Å². The average Bonchev–Trinajstić information content (AvgIpc) is 3.20. The lowest BCUT2D eigenvalue weighted by molar-refractivity contribution is -0.117. The van der Waals surface area contributed by atoms with Crippen molar-refractivity contribution in [2.24, 2.45) is 0 Å². The van der Waals surface area contributed by atoms with E-state index in [0.717, 1.165) is 22.9 Å². The lowest BCUT2D eigenvalue weighted by Crippen LogP contribution is -2.25. The van der Waals surface area contributed by atoms with Crippen molar-refractivity contribution in [3.05, 3.63) is 87.1 Å². The van der Waals surface area contributed by atoms with E-state index >= 15 is 0 Å². The largest absolute Gasteiger partial charge is 0.457 e. The predicted molar refractivity (Wildman–Crippen MR) is 118 cm³/mol. The van der Waals surface area contributed by atoms with Gasteiger partial charge in [-0.2, -0.15) is 5.26 Å². The maximum absolute atomic E-state index is 12.3. The SMILES string of the molecule is N#C/C(=C/c1ccc(-c2ccc(Br)c(Cl)c2)o1)C(=O)NCCCc1ccccc1. The first-order valence-corrected chi connectivity index (χ1v) is 10.2. The molecule has 0 fully saturated rings. The molecule has 1 aromatic heterocycles. The lowest BCUT2D eigenvalue weighted by atomic mass is 10.1. The molecule has 1 amide bonds. The fourth-order valence-electron chi connectivity index (χ4n) is 2.76. The van der Waals surface area contributed by atoms with Gasteiger partial charge in [0.2, 0.25) is 0 Å². The number of halogens is 2. The molecule has 3 aromatic rings. The Balaban J connectivity index is 1.60. The van der Waals surface area contributed by atoms with E-state index in [2.05, 4.69) is 33.4 Å². The summed E-state index contributed by atoms with van der Waals surface area (Å²) >= 11 is 9.47. The van der Waals surface area contributed by atoms with Gasteiger partial charge in [0.1, 0.15) is 23.2 Å². The number of nitriles is 1. The Morgan fingerprint density at radius 2 is 1.97 bits per heavy atom. The summed E-state index contributed by atoms with van der Waals surface area (Å²) in [6.45, 7) is 0.494. The molecule has 0 aliphatic carbocycles. The number of hydrogen-bond acceptors (Lipinski definition) is 3. The van der Waals surface area contributed by atoms with E-state index < -0.39 is 5.91 Å². The first-order chi connectivity index (χ1) is 14.1. The summed E-state index contributed by atoms with van der Waals surface area (Å²) in [5.41, 5.74) is 2.02. The van der Waals surface area contributed by atoms with E-state index in [4.69, 9.17) is 16.0 Å². The van der Waals surface area contributed by atoms with Crippen molar-refractivity contribution in [2.45, 2.75) is 12.8 Å². The number of furan rings is 1. The first kappa shape index (κ1) is 20.9. The molecule has 1 heterocycles. The fourth-order valence-corrected chi connectivity index (χ4v) is 3.19. The van der Waals surface area contributed by atoms with Gasteiger partial charge in [-0.25, -0.2) is 0 Å². The van der Waals surface area contributed by atoms with E-state index in [1.165, 1.54) is 11.6 Å². The number of hydrogen-bond donors (Lipinski definition) is 1. The maximum Gasteiger partial charge on any atom is 0.262 e. The minimum atomic E-state index is -0.412. The Morgan fingerprint density at radius 1 is 1.17 bits per heavy atom. The molecule has 146 valence electrons. The topological polar surface area (TPSA) is 66.0 Å². The molecular weight excluding hydrogens is 452 g/mol. The molecule has 29 heavy (non-hydrogen) atoms. The summed E-state index contributed by atoms with van der Waals surface area (Å²) < 4.78 is 6.55. The van der Waals surface area contributed by atoms with Crippen LogP contribution in [0.25, 0.3) is 17.4 Å². The maximum atomic E-state index is 12.3.